The molecule has 1 aromatic rings. The Balaban J connectivity index is 1.47. The van der Waals surface area contributed by atoms with E-state index in [2.05, 4.69) is 20.4 Å². The van der Waals surface area contributed by atoms with Gasteiger partial charge in [0.05, 0.1) is 12.2 Å². The van der Waals surface area contributed by atoms with Crippen LogP contribution in [0.1, 0.15) is 56.9 Å². The number of amides is 1. The van der Waals surface area contributed by atoms with E-state index in [-0.39, 0.29) is 11.9 Å². The fourth-order valence-corrected chi connectivity index (χ4v) is 3.66. The molecular weight excluding hydrogens is 264 g/mol. The van der Waals surface area contributed by atoms with Crippen molar-refractivity contribution in [3.63, 3.8) is 0 Å². The van der Waals surface area contributed by atoms with Crippen molar-refractivity contribution in [2.75, 3.05) is 13.1 Å². The Morgan fingerprint density at radius 1 is 1.33 bits per heavy atom. The average Bonchev–Trinajstić information content (AvgIpc) is 3.20. The summed E-state index contributed by atoms with van der Waals surface area (Å²) in [5.74, 6) is 0.800. The highest BCUT2D eigenvalue weighted by Gasteiger charge is 2.29. The number of hydrogen-bond donors (Lipinski definition) is 2. The number of piperidine rings is 1. The second-order valence-corrected chi connectivity index (χ2v) is 6.51. The molecule has 2 N–H and O–H groups in total. The van der Waals surface area contributed by atoms with Crippen LogP contribution in [0.4, 0.5) is 0 Å². The molecule has 2 fully saturated rings. The molecule has 1 saturated heterocycles. The first-order valence-electron chi connectivity index (χ1n) is 8.27. The van der Waals surface area contributed by atoms with Crippen LogP contribution in [0.5, 0.6) is 0 Å². The maximum Gasteiger partial charge on any atom is 0.237 e. The highest BCUT2D eigenvalue weighted by molar-refractivity contribution is 5.81. The van der Waals surface area contributed by atoms with Gasteiger partial charge in [0.15, 0.2) is 0 Å². The molecule has 21 heavy (non-hydrogen) atoms. The lowest BCUT2D eigenvalue weighted by atomic mass is 9.91. The summed E-state index contributed by atoms with van der Waals surface area (Å²) in [6.45, 7) is 4.03. The summed E-state index contributed by atoms with van der Waals surface area (Å²) in [5, 5.41) is 10.1. The Hall–Kier alpha value is -1.36. The molecular formula is C16H26N4O. The normalized spacial score (nSPS) is 23.3. The van der Waals surface area contributed by atoms with Crippen LogP contribution in [0.3, 0.4) is 0 Å². The molecule has 1 saturated carbocycles. The summed E-state index contributed by atoms with van der Waals surface area (Å²) >= 11 is 0. The Morgan fingerprint density at radius 2 is 2.05 bits per heavy atom. The van der Waals surface area contributed by atoms with E-state index < -0.39 is 0 Å². The van der Waals surface area contributed by atoms with Gasteiger partial charge in [0.1, 0.15) is 0 Å². The van der Waals surface area contributed by atoms with Gasteiger partial charge >= 0.3 is 0 Å². The number of hydrogen-bond acceptors (Lipinski definition) is 3. The lowest BCUT2D eigenvalue weighted by Crippen LogP contribution is -2.49. The molecule has 116 valence electrons. The van der Waals surface area contributed by atoms with Crippen LogP contribution in [0.15, 0.2) is 12.4 Å². The van der Waals surface area contributed by atoms with Gasteiger partial charge in [-0.15, -0.1) is 0 Å². The summed E-state index contributed by atoms with van der Waals surface area (Å²) in [7, 11) is 0. The largest absolute Gasteiger partial charge is 0.352 e. The Kier molecular flexibility index (Phi) is 4.58. The standard InChI is InChI=1S/C16H26N4O/c1-12(16(21)19-15-4-2-3-5-15)20-8-6-13(7-9-20)14-10-17-18-11-14/h10-13,15H,2-9H2,1H3,(H,17,18)(H,19,21). The lowest BCUT2D eigenvalue weighted by Gasteiger charge is -2.35. The second-order valence-electron chi connectivity index (χ2n) is 6.51. The molecule has 0 radical (unpaired) electrons. The molecule has 2 heterocycles. The Labute approximate surface area is 126 Å². The van der Waals surface area contributed by atoms with E-state index in [9.17, 15) is 4.79 Å². The molecule has 1 unspecified atom stereocenters. The number of nitrogens with one attached hydrogen (secondary N) is 2. The van der Waals surface area contributed by atoms with Gasteiger partial charge in [0.25, 0.3) is 0 Å². The van der Waals surface area contributed by atoms with Crippen molar-refractivity contribution in [2.45, 2.75) is 63.5 Å². The van der Waals surface area contributed by atoms with Crippen LogP contribution in [0.2, 0.25) is 0 Å². The zero-order valence-electron chi connectivity index (χ0n) is 12.8. The fourth-order valence-electron chi connectivity index (χ4n) is 3.66. The van der Waals surface area contributed by atoms with Gasteiger partial charge in [-0.3, -0.25) is 14.8 Å². The van der Waals surface area contributed by atoms with Crippen molar-refractivity contribution >= 4 is 5.91 Å². The van der Waals surface area contributed by atoms with Gasteiger partial charge in [0, 0.05) is 12.2 Å². The maximum atomic E-state index is 12.3. The van der Waals surface area contributed by atoms with Crippen molar-refractivity contribution in [3.05, 3.63) is 18.0 Å². The fraction of sp³-hybridized carbons (Fsp3) is 0.750. The predicted molar refractivity (Wildman–Crippen MR) is 82.0 cm³/mol. The summed E-state index contributed by atoms with van der Waals surface area (Å²) < 4.78 is 0. The Morgan fingerprint density at radius 3 is 2.67 bits per heavy atom. The predicted octanol–water partition coefficient (Wildman–Crippen LogP) is 2.04. The van der Waals surface area contributed by atoms with Crippen molar-refractivity contribution in [1.82, 2.24) is 20.4 Å². The molecule has 1 aliphatic heterocycles. The quantitative estimate of drug-likeness (QED) is 0.892. The summed E-state index contributed by atoms with van der Waals surface area (Å²) in [6.07, 6.45) is 11.0. The third-order valence-electron chi connectivity index (χ3n) is 5.15. The van der Waals surface area contributed by atoms with Crippen molar-refractivity contribution in [3.8, 4) is 0 Å². The first kappa shape index (κ1) is 14.6. The number of H-pyrrole nitrogens is 1. The van der Waals surface area contributed by atoms with Crippen LogP contribution >= 0.6 is 0 Å². The minimum atomic E-state index is -0.00380. The van der Waals surface area contributed by atoms with Crippen molar-refractivity contribution in [1.29, 1.82) is 0 Å². The van der Waals surface area contributed by atoms with E-state index in [1.165, 1.54) is 18.4 Å². The van der Waals surface area contributed by atoms with Crippen molar-refractivity contribution in [2.24, 2.45) is 0 Å². The third kappa shape index (κ3) is 3.46. The molecule has 2 aliphatic rings. The molecule has 5 nitrogen and oxygen atoms in total. The Bertz CT molecular complexity index is 445. The van der Waals surface area contributed by atoms with Crippen LogP contribution in [0.25, 0.3) is 0 Å². The third-order valence-corrected chi connectivity index (χ3v) is 5.15. The van der Waals surface area contributed by atoms with Gasteiger partial charge in [-0.1, -0.05) is 12.8 Å². The number of likely N-dealkylation sites (tertiary alicyclic amines) is 1. The zero-order chi connectivity index (χ0) is 14.7. The number of carbonyl (C=O) groups is 1. The average molecular weight is 290 g/mol. The SMILES string of the molecule is CC(C(=O)NC1CCCC1)N1CCC(c2cn[nH]c2)CC1. The number of rotatable bonds is 4. The van der Waals surface area contributed by atoms with Crippen LogP contribution < -0.4 is 5.32 Å². The first-order valence-corrected chi connectivity index (χ1v) is 8.27. The minimum absolute atomic E-state index is 0.00380. The van der Waals surface area contributed by atoms with Gasteiger partial charge < -0.3 is 5.32 Å². The van der Waals surface area contributed by atoms with E-state index in [0.29, 0.717) is 12.0 Å². The zero-order valence-corrected chi connectivity index (χ0v) is 12.8. The van der Waals surface area contributed by atoms with Crippen LogP contribution in [-0.4, -0.2) is 46.2 Å². The molecule has 0 bridgehead atoms. The van der Waals surface area contributed by atoms with E-state index >= 15 is 0 Å². The van der Waals surface area contributed by atoms with Crippen molar-refractivity contribution < 1.29 is 4.79 Å². The topological polar surface area (TPSA) is 61.0 Å². The highest BCUT2D eigenvalue weighted by atomic mass is 16.2. The number of carbonyl (C=O) groups excluding carboxylic acids is 1. The highest BCUT2D eigenvalue weighted by Crippen LogP contribution is 2.28. The molecule has 1 atom stereocenters. The van der Waals surface area contributed by atoms with Crippen LogP contribution in [0, 0.1) is 0 Å². The van der Waals surface area contributed by atoms with E-state index in [0.717, 1.165) is 38.8 Å². The van der Waals surface area contributed by atoms with Gasteiger partial charge in [-0.25, -0.2) is 0 Å². The first-order chi connectivity index (χ1) is 10.2. The van der Waals surface area contributed by atoms with E-state index in [1.54, 1.807) is 0 Å². The number of aromatic nitrogens is 2. The smallest absolute Gasteiger partial charge is 0.237 e. The summed E-state index contributed by atoms with van der Waals surface area (Å²) in [6, 6.07) is 0.416. The van der Waals surface area contributed by atoms with Crippen LogP contribution in [-0.2, 0) is 4.79 Å². The number of aromatic amines is 1. The monoisotopic (exact) mass is 290 g/mol. The number of nitrogens with zero attached hydrogens (tertiary/aromatic N) is 2. The van der Waals surface area contributed by atoms with E-state index in [4.69, 9.17) is 0 Å². The summed E-state index contributed by atoms with van der Waals surface area (Å²) in [5.41, 5.74) is 1.30. The molecule has 1 aliphatic carbocycles. The minimum Gasteiger partial charge on any atom is -0.352 e. The second kappa shape index (κ2) is 6.60. The van der Waals surface area contributed by atoms with Gasteiger partial charge in [-0.05, 0) is 57.2 Å². The van der Waals surface area contributed by atoms with Gasteiger partial charge in [0.2, 0.25) is 5.91 Å². The molecule has 1 aromatic heterocycles. The molecule has 0 spiro atoms. The lowest BCUT2D eigenvalue weighted by molar-refractivity contribution is -0.127. The summed E-state index contributed by atoms with van der Waals surface area (Å²) in [4.78, 5) is 14.7. The molecule has 1 amide bonds. The molecule has 3 rings (SSSR count). The molecule has 0 aromatic carbocycles. The molecule has 5 heteroatoms. The van der Waals surface area contributed by atoms with E-state index in [1.807, 2.05) is 19.3 Å². The van der Waals surface area contributed by atoms with Gasteiger partial charge in [-0.2, -0.15) is 5.10 Å². The maximum absolute atomic E-state index is 12.3.